The Morgan fingerprint density at radius 3 is 2.93 bits per heavy atom. The average Bonchev–Trinajstić information content (AvgIpc) is 2.20. The fourth-order valence-corrected chi connectivity index (χ4v) is 1.19. The first-order valence-electron chi connectivity index (χ1n) is 4.08. The molecular weight excluding hydrogens is 205 g/mol. The molecule has 74 valence electrons. The number of ether oxygens (including phenoxy) is 1. The highest BCUT2D eigenvalue weighted by Crippen LogP contribution is 2.22. The molecule has 1 aromatic carbocycles. The van der Waals surface area contributed by atoms with Crippen molar-refractivity contribution in [1.29, 1.82) is 5.26 Å². The summed E-state index contributed by atoms with van der Waals surface area (Å²) in [5.74, 6) is 0.249. The highest BCUT2D eigenvalue weighted by molar-refractivity contribution is 6.17. The van der Waals surface area contributed by atoms with E-state index >= 15 is 0 Å². The van der Waals surface area contributed by atoms with Gasteiger partial charge in [-0.1, -0.05) is 0 Å². The number of nitrogens with zero attached hydrogens (tertiary/aromatic N) is 1. The lowest BCUT2D eigenvalue weighted by molar-refractivity contribution is 0.274. The minimum absolute atomic E-state index is 0.158. The van der Waals surface area contributed by atoms with Gasteiger partial charge in [0.25, 0.3) is 0 Å². The van der Waals surface area contributed by atoms with Gasteiger partial charge in [0.1, 0.15) is 17.6 Å². The van der Waals surface area contributed by atoms with Crippen LogP contribution in [0.3, 0.4) is 0 Å². The monoisotopic (exact) mass is 213 g/mol. The summed E-state index contributed by atoms with van der Waals surface area (Å²) in [6.07, 6.45) is -0.567. The molecule has 0 amide bonds. The van der Waals surface area contributed by atoms with E-state index in [1.165, 1.54) is 18.2 Å². The van der Waals surface area contributed by atoms with Gasteiger partial charge in [-0.05, 0) is 25.1 Å². The highest BCUT2D eigenvalue weighted by Gasteiger charge is 2.07. The van der Waals surface area contributed by atoms with Gasteiger partial charge in [-0.15, -0.1) is 11.6 Å². The number of rotatable bonds is 3. The number of benzene rings is 1. The van der Waals surface area contributed by atoms with Crippen molar-refractivity contribution in [3.05, 3.63) is 29.6 Å². The van der Waals surface area contributed by atoms with E-state index in [4.69, 9.17) is 21.6 Å². The zero-order chi connectivity index (χ0) is 10.6. The van der Waals surface area contributed by atoms with Crippen LogP contribution in [0, 0.1) is 17.1 Å². The molecule has 0 aliphatic carbocycles. The Kier molecular flexibility index (Phi) is 3.73. The first-order chi connectivity index (χ1) is 6.67. The third-order valence-corrected chi connectivity index (χ3v) is 1.94. The van der Waals surface area contributed by atoms with Crippen molar-refractivity contribution < 1.29 is 9.13 Å². The molecular formula is C10H9ClFNO. The van der Waals surface area contributed by atoms with Crippen LogP contribution in [0.5, 0.6) is 5.75 Å². The summed E-state index contributed by atoms with van der Waals surface area (Å²) in [6.45, 7) is 1.61. The molecule has 0 heterocycles. The van der Waals surface area contributed by atoms with Crippen molar-refractivity contribution in [3.63, 3.8) is 0 Å². The summed E-state index contributed by atoms with van der Waals surface area (Å²) < 4.78 is 18.0. The van der Waals surface area contributed by atoms with Crippen LogP contribution >= 0.6 is 11.6 Å². The van der Waals surface area contributed by atoms with Gasteiger partial charge >= 0.3 is 0 Å². The van der Waals surface area contributed by atoms with E-state index in [9.17, 15) is 4.39 Å². The molecule has 0 fully saturated rings. The second-order valence-corrected chi connectivity index (χ2v) is 3.04. The lowest BCUT2D eigenvalue weighted by Crippen LogP contribution is -2.09. The van der Waals surface area contributed by atoms with Crippen molar-refractivity contribution in [3.8, 4) is 11.8 Å². The normalized spacial score (nSPS) is 11.9. The third-order valence-electron chi connectivity index (χ3n) is 1.65. The van der Waals surface area contributed by atoms with Gasteiger partial charge in [0.15, 0.2) is 6.10 Å². The van der Waals surface area contributed by atoms with Crippen LogP contribution in [0.2, 0.25) is 0 Å². The molecule has 0 aliphatic rings. The van der Waals surface area contributed by atoms with Crippen molar-refractivity contribution in [2.24, 2.45) is 0 Å². The molecule has 0 aliphatic heterocycles. The summed E-state index contributed by atoms with van der Waals surface area (Å²) in [5.41, 5.74) is 0.550. The van der Waals surface area contributed by atoms with Gasteiger partial charge in [0, 0.05) is 5.56 Å². The van der Waals surface area contributed by atoms with Gasteiger partial charge in [0.2, 0.25) is 0 Å². The molecule has 14 heavy (non-hydrogen) atoms. The standard InChI is InChI=1S/C10H9ClFNO/c1-7(6-13)14-10-3-2-9(12)4-8(10)5-11/h2-4,7H,5H2,1H3. The first kappa shape index (κ1) is 10.8. The molecule has 4 heteroatoms. The van der Waals surface area contributed by atoms with E-state index in [1.54, 1.807) is 6.92 Å². The summed E-state index contributed by atoms with van der Waals surface area (Å²) in [6, 6.07) is 5.96. The van der Waals surface area contributed by atoms with Crippen LogP contribution in [-0.4, -0.2) is 6.10 Å². The van der Waals surface area contributed by atoms with Crippen molar-refractivity contribution in [2.45, 2.75) is 18.9 Å². The summed E-state index contributed by atoms with van der Waals surface area (Å²) >= 11 is 5.60. The van der Waals surface area contributed by atoms with E-state index in [2.05, 4.69) is 0 Å². The predicted molar refractivity (Wildman–Crippen MR) is 51.7 cm³/mol. The van der Waals surface area contributed by atoms with Gasteiger partial charge in [-0.2, -0.15) is 5.26 Å². The largest absolute Gasteiger partial charge is 0.476 e. The molecule has 1 atom stereocenters. The van der Waals surface area contributed by atoms with E-state index in [0.29, 0.717) is 11.3 Å². The molecule has 1 rings (SSSR count). The molecule has 0 aromatic heterocycles. The van der Waals surface area contributed by atoms with Gasteiger partial charge < -0.3 is 4.74 Å². The Labute approximate surface area is 86.9 Å². The van der Waals surface area contributed by atoms with Crippen LogP contribution in [0.4, 0.5) is 4.39 Å². The number of nitriles is 1. The predicted octanol–water partition coefficient (Wildman–Crippen LogP) is 2.86. The van der Waals surface area contributed by atoms with Crippen LogP contribution in [0.15, 0.2) is 18.2 Å². The molecule has 1 unspecified atom stereocenters. The molecule has 0 saturated heterocycles. The second kappa shape index (κ2) is 4.83. The van der Waals surface area contributed by atoms with Crippen molar-refractivity contribution >= 4 is 11.6 Å². The zero-order valence-electron chi connectivity index (χ0n) is 7.63. The van der Waals surface area contributed by atoms with E-state index in [0.717, 1.165) is 0 Å². The Bertz CT molecular complexity index is 362. The van der Waals surface area contributed by atoms with Crippen molar-refractivity contribution in [1.82, 2.24) is 0 Å². The maximum atomic E-state index is 12.8. The minimum atomic E-state index is -0.567. The Morgan fingerprint density at radius 2 is 2.36 bits per heavy atom. The lowest BCUT2D eigenvalue weighted by atomic mass is 10.2. The van der Waals surface area contributed by atoms with Gasteiger partial charge in [0.05, 0.1) is 5.88 Å². The van der Waals surface area contributed by atoms with Crippen LogP contribution in [0.1, 0.15) is 12.5 Å². The SMILES string of the molecule is CC(C#N)Oc1ccc(F)cc1CCl. The zero-order valence-corrected chi connectivity index (χ0v) is 8.38. The van der Waals surface area contributed by atoms with E-state index < -0.39 is 6.10 Å². The third kappa shape index (κ3) is 2.61. The molecule has 0 bridgehead atoms. The first-order valence-corrected chi connectivity index (χ1v) is 4.61. The number of halogens is 2. The van der Waals surface area contributed by atoms with Crippen LogP contribution < -0.4 is 4.74 Å². The van der Waals surface area contributed by atoms with E-state index in [1.807, 2.05) is 6.07 Å². The smallest absolute Gasteiger partial charge is 0.181 e. The fourth-order valence-electron chi connectivity index (χ4n) is 0.984. The Hall–Kier alpha value is -1.27. The minimum Gasteiger partial charge on any atom is -0.476 e. The molecule has 0 saturated carbocycles. The average molecular weight is 214 g/mol. The quantitative estimate of drug-likeness (QED) is 0.724. The fraction of sp³-hybridized carbons (Fsp3) is 0.300. The molecule has 0 radical (unpaired) electrons. The second-order valence-electron chi connectivity index (χ2n) is 2.77. The van der Waals surface area contributed by atoms with Crippen molar-refractivity contribution in [2.75, 3.05) is 0 Å². The molecule has 1 aromatic rings. The topological polar surface area (TPSA) is 33.0 Å². The maximum absolute atomic E-state index is 12.8. The number of alkyl halides is 1. The Balaban J connectivity index is 2.92. The number of hydrogen-bond donors (Lipinski definition) is 0. The number of hydrogen-bond acceptors (Lipinski definition) is 2. The van der Waals surface area contributed by atoms with E-state index in [-0.39, 0.29) is 11.7 Å². The summed E-state index contributed by atoms with van der Waals surface area (Å²) in [5, 5.41) is 8.53. The van der Waals surface area contributed by atoms with Gasteiger partial charge in [-0.3, -0.25) is 0 Å². The lowest BCUT2D eigenvalue weighted by Gasteiger charge is -2.10. The molecule has 0 N–H and O–H groups in total. The molecule has 0 spiro atoms. The van der Waals surface area contributed by atoms with Gasteiger partial charge in [-0.25, -0.2) is 4.39 Å². The van der Waals surface area contributed by atoms with Crippen LogP contribution in [-0.2, 0) is 5.88 Å². The summed E-state index contributed by atoms with van der Waals surface area (Å²) in [4.78, 5) is 0. The summed E-state index contributed by atoms with van der Waals surface area (Å²) in [7, 11) is 0. The highest BCUT2D eigenvalue weighted by atomic mass is 35.5. The Morgan fingerprint density at radius 1 is 1.64 bits per heavy atom. The maximum Gasteiger partial charge on any atom is 0.181 e. The van der Waals surface area contributed by atoms with Crippen LogP contribution in [0.25, 0.3) is 0 Å². The molecule has 2 nitrogen and oxygen atoms in total.